The Morgan fingerprint density at radius 2 is 1.29 bits per heavy atom. The molecule has 5 unspecified atom stereocenters. The molecule has 0 N–H and O–H groups in total. The van der Waals surface area contributed by atoms with Gasteiger partial charge in [0.05, 0.1) is 0 Å². The van der Waals surface area contributed by atoms with Gasteiger partial charge in [-0.2, -0.15) is 13.2 Å². The van der Waals surface area contributed by atoms with Crippen molar-refractivity contribution in [2.24, 2.45) is 17.8 Å². The quantitative estimate of drug-likeness (QED) is 0.480. The number of halogens is 10. The van der Waals surface area contributed by atoms with Gasteiger partial charge in [-0.25, -0.2) is 30.7 Å². The first-order valence-electron chi connectivity index (χ1n) is 9.04. The second-order valence-corrected chi connectivity index (χ2v) is 7.84. The SMILES string of the molecule is CC1CCC(C2CC(F)C(OC(C(F)F)(C(F)F)C(F)(F)F)C(F)C2)C(F)C1. The molecule has 2 rings (SSSR count). The number of alkyl halides is 10. The molecule has 5 atom stereocenters. The first-order chi connectivity index (χ1) is 12.8. The summed E-state index contributed by atoms with van der Waals surface area (Å²) in [5.74, 6) is -1.50. The van der Waals surface area contributed by atoms with Crippen LogP contribution in [0.5, 0.6) is 0 Å². The summed E-state index contributed by atoms with van der Waals surface area (Å²) >= 11 is 0. The van der Waals surface area contributed by atoms with Gasteiger partial charge in [0.15, 0.2) is 0 Å². The van der Waals surface area contributed by atoms with Gasteiger partial charge in [-0.3, -0.25) is 0 Å². The Labute approximate surface area is 155 Å². The Morgan fingerprint density at radius 1 is 0.786 bits per heavy atom. The van der Waals surface area contributed by atoms with Crippen molar-refractivity contribution in [3.05, 3.63) is 0 Å². The van der Waals surface area contributed by atoms with E-state index in [-0.39, 0.29) is 12.3 Å². The van der Waals surface area contributed by atoms with Crippen LogP contribution in [0.3, 0.4) is 0 Å². The fourth-order valence-electron chi connectivity index (χ4n) is 4.27. The molecule has 1 nitrogen and oxygen atoms in total. The van der Waals surface area contributed by atoms with Crippen molar-refractivity contribution in [3.63, 3.8) is 0 Å². The first-order valence-corrected chi connectivity index (χ1v) is 9.04. The molecule has 166 valence electrons. The van der Waals surface area contributed by atoms with Crippen LogP contribution in [-0.2, 0) is 4.74 Å². The van der Waals surface area contributed by atoms with E-state index in [1.807, 2.05) is 6.92 Å². The number of ether oxygens (including phenoxy) is 1. The van der Waals surface area contributed by atoms with Crippen LogP contribution in [0.4, 0.5) is 43.9 Å². The van der Waals surface area contributed by atoms with Crippen LogP contribution in [0.1, 0.15) is 39.0 Å². The summed E-state index contributed by atoms with van der Waals surface area (Å²) in [5.41, 5.74) is -5.29. The van der Waals surface area contributed by atoms with Gasteiger partial charge in [0.2, 0.25) is 0 Å². The Kier molecular flexibility index (Phi) is 7.19. The highest BCUT2D eigenvalue weighted by Crippen LogP contribution is 2.48. The molecule has 0 heterocycles. The van der Waals surface area contributed by atoms with E-state index in [2.05, 4.69) is 4.74 Å². The van der Waals surface area contributed by atoms with Gasteiger partial charge in [-0.15, -0.1) is 0 Å². The number of hydrogen-bond acceptors (Lipinski definition) is 1. The summed E-state index contributed by atoms with van der Waals surface area (Å²) in [7, 11) is 0. The van der Waals surface area contributed by atoms with E-state index >= 15 is 0 Å². The third kappa shape index (κ3) is 4.38. The molecule has 0 aromatic carbocycles. The standard InChI is InChI=1S/C17H22F10O/c1-7-2-3-9(10(18)4-7)8-5-11(19)13(12(20)6-8)28-16(14(21)22,15(23)24)17(25,26)27/h7-15H,2-6H2,1H3. The summed E-state index contributed by atoms with van der Waals surface area (Å²) in [5, 5.41) is 0. The maximum atomic E-state index is 14.4. The minimum Gasteiger partial charge on any atom is -0.347 e. The third-order valence-corrected chi connectivity index (χ3v) is 5.88. The highest BCUT2D eigenvalue weighted by atomic mass is 19.4. The number of hydrogen-bond donors (Lipinski definition) is 0. The molecule has 2 fully saturated rings. The maximum Gasteiger partial charge on any atom is 0.428 e. The number of rotatable bonds is 5. The molecule has 0 spiro atoms. The average Bonchev–Trinajstić information content (AvgIpc) is 2.52. The minimum atomic E-state index is -6.25. The lowest BCUT2D eigenvalue weighted by Gasteiger charge is -2.44. The van der Waals surface area contributed by atoms with E-state index < -0.39 is 73.9 Å². The van der Waals surface area contributed by atoms with Crippen LogP contribution in [0, 0.1) is 17.8 Å². The summed E-state index contributed by atoms with van der Waals surface area (Å²) in [6.45, 7) is 1.81. The van der Waals surface area contributed by atoms with E-state index in [9.17, 15) is 43.9 Å². The Hall–Kier alpha value is -0.740. The lowest BCUT2D eigenvalue weighted by atomic mass is 9.69. The van der Waals surface area contributed by atoms with Crippen LogP contribution in [0.2, 0.25) is 0 Å². The molecule has 0 aromatic heterocycles. The summed E-state index contributed by atoms with van der Waals surface area (Å²) in [4.78, 5) is 0. The van der Waals surface area contributed by atoms with Gasteiger partial charge in [-0.1, -0.05) is 13.3 Å². The zero-order chi connectivity index (χ0) is 21.4. The zero-order valence-electron chi connectivity index (χ0n) is 14.9. The van der Waals surface area contributed by atoms with Crippen LogP contribution in [0.25, 0.3) is 0 Å². The molecule has 0 saturated heterocycles. The second kappa shape index (κ2) is 8.55. The van der Waals surface area contributed by atoms with E-state index in [1.165, 1.54) is 0 Å². The monoisotopic (exact) mass is 432 g/mol. The predicted molar refractivity (Wildman–Crippen MR) is 79.6 cm³/mol. The fourth-order valence-corrected chi connectivity index (χ4v) is 4.27. The maximum absolute atomic E-state index is 14.4. The lowest BCUT2D eigenvalue weighted by Crippen LogP contribution is -2.63. The van der Waals surface area contributed by atoms with E-state index in [0.717, 1.165) is 0 Å². The van der Waals surface area contributed by atoms with Crippen LogP contribution < -0.4 is 0 Å². The lowest BCUT2D eigenvalue weighted by molar-refractivity contribution is -0.369. The van der Waals surface area contributed by atoms with Crippen LogP contribution in [0.15, 0.2) is 0 Å². The summed E-state index contributed by atoms with van der Waals surface area (Å²) in [6.07, 6.45) is -25.1. The Morgan fingerprint density at radius 3 is 1.68 bits per heavy atom. The molecule has 2 aliphatic carbocycles. The minimum absolute atomic E-state index is 0.0813. The van der Waals surface area contributed by atoms with Crippen molar-refractivity contribution < 1.29 is 48.6 Å². The average molecular weight is 432 g/mol. The molecule has 0 amide bonds. The van der Waals surface area contributed by atoms with Gasteiger partial charge in [-0.05, 0) is 43.4 Å². The molecule has 0 radical (unpaired) electrons. The Bertz CT molecular complexity index is 491. The van der Waals surface area contributed by atoms with E-state index in [0.29, 0.717) is 12.8 Å². The molecular weight excluding hydrogens is 410 g/mol. The third-order valence-electron chi connectivity index (χ3n) is 5.88. The van der Waals surface area contributed by atoms with Crippen molar-refractivity contribution in [3.8, 4) is 0 Å². The smallest absolute Gasteiger partial charge is 0.347 e. The van der Waals surface area contributed by atoms with Gasteiger partial charge in [0, 0.05) is 0 Å². The van der Waals surface area contributed by atoms with Gasteiger partial charge < -0.3 is 4.74 Å². The van der Waals surface area contributed by atoms with Crippen LogP contribution in [-0.4, -0.2) is 49.2 Å². The van der Waals surface area contributed by atoms with Gasteiger partial charge >= 0.3 is 6.18 Å². The second-order valence-electron chi connectivity index (χ2n) is 7.84. The van der Waals surface area contributed by atoms with E-state index in [1.54, 1.807) is 0 Å². The molecule has 0 aliphatic heterocycles. The van der Waals surface area contributed by atoms with Gasteiger partial charge in [0.1, 0.15) is 24.6 Å². The molecule has 2 saturated carbocycles. The summed E-state index contributed by atoms with van der Waals surface area (Å²) < 4.78 is 138. The Balaban J connectivity index is 2.18. The highest BCUT2D eigenvalue weighted by molar-refractivity contribution is 5.00. The molecule has 2 aliphatic rings. The molecule has 28 heavy (non-hydrogen) atoms. The molecule has 0 bridgehead atoms. The fraction of sp³-hybridized carbons (Fsp3) is 1.00. The van der Waals surface area contributed by atoms with Crippen molar-refractivity contribution >= 4 is 0 Å². The topological polar surface area (TPSA) is 9.23 Å². The van der Waals surface area contributed by atoms with Gasteiger partial charge in [0.25, 0.3) is 18.5 Å². The zero-order valence-corrected chi connectivity index (χ0v) is 14.9. The first kappa shape index (κ1) is 23.5. The molecule has 11 heteroatoms. The van der Waals surface area contributed by atoms with Crippen molar-refractivity contribution in [1.82, 2.24) is 0 Å². The van der Waals surface area contributed by atoms with Crippen molar-refractivity contribution in [2.45, 2.75) is 88.3 Å². The normalized spacial score (nSPS) is 38.2. The van der Waals surface area contributed by atoms with Crippen molar-refractivity contribution in [2.75, 3.05) is 0 Å². The predicted octanol–water partition coefficient (Wildman–Crippen LogP) is 6.06. The molecular formula is C17H22F10O. The summed E-state index contributed by atoms with van der Waals surface area (Å²) in [6, 6.07) is 0. The molecule has 0 aromatic rings. The van der Waals surface area contributed by atoms with Crippen molar-refractivity contribution in [1.29, 1.82) is 0 Å². The van der Waals surface area contributed by atoms with E-state index in [4.69, 9.17) is 0 Å². The largest absolute Gasteiger partial charge is 0.428 e. The highest BCUT2D eigenvalue weighted by Gasteiger charge is 2.71. The van der Waals surface area contributed by atoms with Crippen LogP contribution >= 0.6 is 0 Å².